The van der Waals surface area contributed by atoms with Gasteiger partial charge in [-0.15, -0.1) is 0 Å². The van der Waals surface area contributed by atoms with Crippen molar-refractivity contribution in [3.8, 4) is 5.75 Å². The number of fused-ring (bicyclic) bond motifs is 3. The molecule has 0 N–H and O–H groups in total. The van der Waals surface area contributed by atoms with Crippen LogP contribution in [0.15, 0.2) is 65.8 Å². The van der Waals surface area contributed by atoms with Crippen LogP contribution in [-0.4, -0.2) is 47.7 Å². The fourth-order valence-corrected chi connectivity index (χ4v) is 6.36. The minimum Gasteiger partial charge on any atom is -0.497 e. The molecule has 0 amide bonds. The van der Waals surface area contributed by atoms with E-state index in [9.17, 15) is 19.5 Å². The van der Waals surface area contributed by atoms with Crippen LogP contribution in [0.2, 0.25) is 0 Å². The molecule has 11 nitrogen and oxygen atoms in total. The first-order chi connectivity index (χ1) is 19.7. The molecular formula is C29H32N3O8P. The standard InChI is InChI=1S/C29H32N3O8P/c1-5-38-41(36,39-6-2)17-7-16-31-27-14-10-22(18-25(27)26-19-23(32(34)35)11-15-28(26)31)29(30-40-20(3)33)21-8-12-24(37-4)13-9-21/h8-15,18-19H,5-7,16-17H2,1-4H3/b30-29+. The summed E-state index contributed by atoms with van der Waals surface area (Å²) in [5.74, 6) is 0.0883. The monoisotopic (exact) mass is 581 g/mol. The molecule has 0 aliphatic rings. The van der Waals surface area contributed by atoms with Crippen LogP contribution < -0.4 is 4.74 Å². The summed E-state index contributed by atoms with van der Waals surface area (Å²) in [4.78, 5) is 27.8. The number of non-ortho nitro benzene ring substituents is 1. The third kappa shape index (κ3) is 6.82. The van der Waals surface area contributed by atoms with Crippen molar-refractivity contribution in [2.24, 2.45) is 5.16 Å². The largest absolute Gasteiger partial charge is 0.497 e. The number of aromatic nitrogens is 1. The topological polar surface area (TPSA) is 131 Å². The zero-order valence-electron chi connectivity index (χ0n) is 23.4. The molecule has 41 heavy (non-hydrogen) atoms. The van der Waals surface area contributed by atoms with Gasteiger partial charge in [0.05, 0.1) is 31.4 Å². The van der Waals surface area contributed by atoms with Gasteiger partial charge in [0, 0.05) is 58.5 Å². The van der Waals surface area contributed by atoms with E-state index in [4.69, 9.17) is 18.6 Å². The molecule has 216 valence electrons. The van der Waals surface area contributed by atoms with Crippen LogP contribution in [0.1, 0.15) is 38.3 Å². The maximum absolute atomic E-state index is 13.0. The Balaban J connectivity index is 1.82. The molecule has 0 saturated carbocycles. The summed E-state index contributed by atoms with van der Waals surface area (Å²) in [7, 11) is -1.66. The predicted molar refractivity (Wildman–Crippen MR) is 157 cm³/mol. The predicted octanol–water partition coefficient (Wildman–Crippen LogP) is 6.68. The van der Waals surface area contributed by atoms with Crippen LogP contribution in [0, 0.1) is 10.1 Å². The summed E-state index contributed by atoms with van der Waals surface area (Å²) >= 11 is 0. The summed E-state index contributed by atoms with van der Waals surface area (Å²) in [5, 5.41) is 17.2. The number of rotatable bonds is 13. The highest BCUT2D eigenvalue weighted by Gasteiger charge is 2.24. The Bertz CT molecular complexity index is 1640. The molecule has 1 heterocycles. The Morgan fingerprint density at radius 3 is 2.15 bits per heavy atom. The molecule has 0 aliphatic carbocycles. The number of hydrogen-bond acceptors (Lipinski definition) is 9. The van der Waals surface area contributed by atoms with Crippen molar-refractivity contribution in [2.45, 2.75) is 33.7 Å². The lowest BCUT2D eigenvalue weighted by Gasteiger charge is -2.17. The molecule has 3 aromatic carbocycles. The van der Waals surface area contributed by atoms with Crippen LogP contribution in [0.4, 0.5) is 5.69 Å². The average molecular weight is 582 g/mol. The maximum atomic E-state index is 13.0. The van der Waals surface area contributed by atoms with Gasteiger partial charge in [0.2, 0.25) is 0 Å². The second-order valence-corrected chi connectivity index (χ2v) is 11.3. The lowest BCUT2D eigenvalue weighted by molar-refractivity contribution is -0.384. The molecule has 0 radical (unpaired) electrons. The van der Waals surface area contributed by atoms with Crippen molar-refractivity contribution in [1.29, 1.82) is 0 Å². The molecule has 12 heteroatoms. The third-order valence-corrected chi connectivity index (χ3v) is 8.59. The summed E-state index contributed by atoms with van der Waals surface area (Å²) in [6.45, 7) is 5.85. The molecule has 4 aromatic rings. The molecule has 0 saturated heterocycles. The highest BCUT2D eigenvalue weighted by atomic mass is 31.2. The number of aryl methyl sites for hydroxylation is 1. The smallest absolute Gasteiger partial charge is 0.332 e. The first-order valence-electron chi connectivity index (χ1n) is 13.2. The van der Waals surface area contributed by atoms with Gasteiger partial charge in [-0.3, -0.25) is 14.7 Å². The highest BCUT2D eigenvalue weighted by molar-refractivity contribution is 7.53. The molecule has 0 unspecified atom stereocenters. The maximum Gasteiger partial charge on any atom is 0.332 e. The first kappa shape index (κ1) is 29.9. The summed E-state index contributed by atoms with van der Waals surface area (Å²) in [6.07, 6.45) is 0.734. The van der Waals surface area contributed by atoms with Crippen LogP contribution in [0.3, 0.4) is 0 Å². The van der Waals surface area contributed by atoms with Crippen molar-refractivity contribution >= 4 is 46.8 Å². The van der Waals surface area contributed by atoms with Gasteiger partial charge in [0.25, 0.3) is 5.69 Å². The number of nitrogens with zero attached hydrogens (tertiary/aromatic N) is 3. The molecule has 0 aliphatic heterocycles. The number of oxime groups is 1. The summed E-state index contributed by atoms with van der Waals surface area (Å²) in [5.41, 5.74) is 3.31. The number of benzene rings is 3. The minimum absolute atomic E-state index is 0.0388. The SMILES string of the molecule is CCOP(=O)(CCCn1c2ccc(/C(=N/OC(C)=O)c3ccc(OC)cc3)cc2c2cc([N+](=O)[O-])ccc21)OCC. The van der Waals surface area contributed by atoms with E-state index >= 15 is 0 Å². The lowest BCUT2D eigenvalue weighted by atomic mass is 10.00. The van der Waals surface area contributed by atoms with Gasteiger partial charge in [0.15, 0.2) is 0 Å². The Hall–Kier alpha value is -4.05. The lowest BCUT2D eigenvalue weighted by Crippen LogP contribution is -2.07. The van der Waals surface area contributed by atoms with Crippen LogP contribution in [0.25, 0.3) is 21.8 Å². The van der Waals surface area contributed by atoms with E-state index in [0.29, 0.717) is 40.9 Å². The average Bonchev–Trinajstić information content (AvgIpc) is 3.26. The Labute approximate surface area is 237 Å². The quantitative estimate of drug-likeness (QED) is 0.0561. The van der Waals surface area contributed by atoms with Crippen molar-refractivity contribution in [1.82, 2.24) is 4.57 Å². The summed E-state index contributed by atoms with van der Waals surface area (Å²) < 4.78 is 31.2. The van der Waals surface area contributed by atoms with Crippen LogP contribution in [0.5, 0.6) is 5.75 Å². The summed E-state index contributed by atoms with van der Waals surface area (Å²) in [6, 6.07) is 17.5. The van der Waals surface area contributed by atoms with Gasteiger partial charge in [-0.05, 0) is 62.7 Å². The van der Waals surface area contributed by atoms with Gasteiger partial charge in [-0.25, -0.2) is 4.79 Å². The number of carbonyl (C=O) groups is 1. The Morgan fingerprint density at radius 2 is 1.56 bits per heavy atom. The van der Waals surface area contributed by atoms with Crippen molar-refractivity contribution in [2.75, 3.05) is 26.5 Å². The Kier molecular flexibility index (Phi) is 9.54. The van der Waals surface area contributed by atoms with E-state index < -0.39 is 18.5 Å². The van der Waals surface area contributed by atoms with Crippen molar-refractivity contribution < 1.29 is 32.9 Å². The second kappa shape index (κ2) is 13.1. The van der Waals surface area contributed by atoms with Crippen molar-refractivity contribution in [3.63, 3.8) is 0 Å². The molecule has 0 spiro atoms. The fraction of sp³-hybridized carbons (Fsp3) is 0.310. The van der Waals surface area contributed by atoms with Gasteiger partial charge in [-0.2, -0.15) is 0 Å². The van der Waals surface area contributed by atoms with E-state index in [1.165, 1.54) is 13.0 Å². The fourth-order valence-electron chi connectivity index (χ4n) is 4.71. The molecule has 0 atom stereocenters. The normalized spacial score (nSPS) is 12.1. The molecule has 0 bridgehead atoms. The van der Waals surface area contributed by atoms with E-state index in [1.807, 2.05) is 22.8 Å². The third-order valence-electron chi connectivity index (χ3n) is 6.43. The number of methoxy groups -OCH3 is 1. The number of carbonyl (C=O) groups excluding carboxylic acids is 1. The second-order valence-electron chi connectivity index (χ2n) is 9.12. The highest BCUT2D eigenvalue weighted by Crippen LogP contribution is 2.48. The molecule has 4 rings (SSSR count). The van der Waals surface area contributed by atoms with Gasteiger partial charge in [0.1, 0.15) is 11.5 Å². The molecular weight excluding hydrogens is 549 g/mol. The number of nitro benzene ring substituents is 1. The molecule has 0 fully saturated rings. The zero-order valence-corrected chi connectivity index (χ0v) is 24.3. The van der Waals surface area contributed by atoms with E-state index in [2.05, 4.69) is 5.16 Å². The molecule has 1 aromatic heterocycles. The van der Waals surface area contributed by atoms with E-state index in [-0.39, 0.29) is 25.1 Å². The number of hydrogen-bond donors (Lipinski definition) is 0. The van der Waals surface area contributed by atoms with Gasteiger partial charge >= 0.3 is 13.6 Å². The number of nitro groups is 1. The Morgan fingerprint density at radius 1 is 0.951 bits per heavy atom. The van der Waals surface area contributed by atoms with E-state index in [1.54, 1.807) is 57.4 Å². The zero-order chi connectivity index (χ0) is 29.6. The van der Waals surface area contributed by atoms with Crippen molar-refractivity contribution in [3.05, 3.63) is 81.9 Å². The number of ether oxygens (including phenoxy) is 1. The van der Waals surface area contributed by atoms with Crippen LogP contribution in [-0.2, 0) is 29.8 Å². The van der Waals surface area contributed by atoms with E-state index in [0.717, 1.165) is 16.4 Å². The minimum atomic E-state index is -3.22. The van der Waals surface area contributed by atoms with Gasteiger partial charge in [-0.1, -0.05) is 11.2 Å². The first-order valence-corrected chi connectivity index (χ1v) is 14.9. The van der Waals surface area contributed by atoms with Crippen LogP contribution >= 0.6 is 7.60 Å². The van der Waals surface area contributed by atoms with Gasteiger partial charge < -0.3 is 23.2 Å².